The predicted octanol–water partition coefficient (Wildman–Crippen LogP) is 2.75. The molecule has 0 radical (unpaired) electrons. The van der Waals surface area contributed by atoms with Crippen LogP contribution in [0.15, 0.2) is 30.3 Å². The lowest BCUT2D eigenvalue weighted by Crippen LogP contribution is -2.57. The largest absolute Gasteiger partial charge is 0.465 e. The van der Waals surface area contributed by atoms with Crippen molar-refractivity contribution >= 4 is 17.9 Å². The third-order valence-corrected chi connectivity index (χ3v) is 5.65. The molecule has 3 amide bonds. The molecule has 0 saturated carbocycles. The summed E-state index contributed by atoms with van der Waals surface area (Å²) in [5.74, 6) is -0.661. The number of rotatable bonds is 5. The summed E-state index contributed by atoms with van der Waals surface area (Å²) in [6.45, 7) is 8.87. The van der Waals surface area contributed by atoms with Gasteiger partial charge in [0.25, 0.3) is 5.91 Å². The molecule has 0 aliphatic carbocycles. The van der Waals surface area contributed by atoms with Gasteiger partial charge in [-0.05, 0) is 25.3 Å². The highest BCUT2D eigenvalue weighted by Crippen LogP contribution is 2.23. The van der Waals surface area contributed by atoms with Crippen molar-refractivity contribution in [2.24, 2.45) is 0 Å². The summed E-state index contributed by atoms with van der Waals surface area (Å²) < 4.78 is 4.93. The highest BCUT2D eigenvalue weighted by molar-refractivity contribution is 6.04. The van der Waals surface area contributed by atoms with Crippen molar-refractivity contribution in [3.8, 4) is 0 Å². The lowest BCUT2D eigenvalue weighted by molar-refractivity contribution is 0.0543. The topological polar surface area (TPSA) is 105 Å². The molecule has 2 heterocycles. The number of carbonyl (C=O) groups is 3. The second-order valence-corrected chi connectivity index (χ2v) is 8.46. The number of nitrogens with zero attached hydrogens (tertiary/aromatic N) is 4. The first-order chi connectivity index (χ1) is 15.7. The summed E-state index contributed by atoms with van der Waals surface area (Å²) in [5.41, 5.74) is 1.67. The van der Waals surface area contributed by atoms with Gasteiger partial charge in [0.15, 0.2) is 0 Å². The lowest BCUT2D eigenvalue weighted by Gasteiger charge is -2.39. The molecule has 1 N–H and O–H groups in total. The Balaban J connectivity index is 1.74. The number of hydrogen-bond acceptors (Lipinski definition) is 6. The van der Waals surface area contributed by atoms with Gasteiger partial charge in [-0.3, -0.25) is 4.79 Å². The van der Waals surface area contributed by atoms with E-state index in [-0.39, 0.29) is 35.2 Å². The van der Waals surface area contributed by atoms with E-state index in [9.17, 15) is 14.4 Å². The smallest absolute Gasteiger partial charge is 0.342 e. The van der Waals surface area contributed by atoms with E-state index < -0.39 is 5.97 Å². The van der Waals surface area contributed by atoms with Gasteiger partial charge in [-0.1, -0.05) is 44.2 Å². The number of carbonyl (C=O) groups excluding carboxylic acids is 3. The second-order valence-electron chi connectivity index (χ2n) is 8.46. The van der Waals surface area contributed by atoms with E-state index in [2.05, 4.69) is 15.3 Å². The van der Waals surface area contributed by atoms with Crippen molar-refractivity contribution in [1.82, 2.24) is 25.1 Å². The quantitative estimate of drug-likeness (QED) is 0.698. The first-order valence-corrected chi connectivity index (χ1v) is 11.1. The van der Waals surface area contributed by atoms with Gasteiger partial charge in [0, 0.05) is 32.2 Å². The summed E-state index contributed by atoms with van der Waals surface area (Å²) >= 11 is 0. The van der Waals surface area contributed by atoms with Crippen LogP contribution in [0.5, 0.6) is 0 Å². The average Bonchev–Trinajstić information content (AvgIpc) is 2.81. The van der Waals surface area contributed by atoms with Gasteiger partial charge < -0.3 is 19.9 Å². The van der Waals surface area contributed by atoms with Crippen LogP contribution in [-0.4, -0.2) is 70.5 Å². The van der Waals surface area contributed by atoms with Gasteiger partial charge >= 0.3 is 12.0 Å². The Labute approximate surface area is 194 Å². The number of benzene rings is 1. The molecule has 0 bridgehead atoms. The fraction of sp³-hybridized carbons (Fsp3) is 0.458. The molecule has 1 aliphatic rings. The zero-order valence-electron chi connectivity index (χ0n) is 19.8. The molecule has 9 nitrogen and oxygen atoms in total. The maximum Gasteiger partial charge on any atom is 0.342 e. The molecule has 1 aliphatic heterocycles. The van der Waals surface area contributed by atoms with E-state index in [4.69, 9.17) is 4.74 Å². The number of amides is 3. The minimum absolute atomic E-state index is 0.0484. The highest BCUT2D eigenvalue weighted by atomic mass is 16.5. The number of esters is 1. The Kier molecular flexibility index (Phi) is 7.63. The number of nitrogens with one attached hydrogen (secondary N) is 1. The Morgan fingerprint density at radius 1 is 1.15 bits per heavy atom. The summed E-state index contributed by atoms with van der Waals surface area (Å²) in [5, 5.41) is 2.94. The Hall–Kier alpha value is -3.49. The van der Waals surface area contributed by atoms with Crippen molar-refractivity contribution in [2.45, 2.75) is 46.2 Å². The molecule has 1 aromatic carbocycles. The third-order valence-electron chi connectivity index (χ3n) is 5.65. The Morgan fingerprint density at radius 3 is 2.45 bits per heavy atom. The van der Waals surface area contributed by atoms with Crippen LogP contribution in [0.2, 0.25) is 0 Å². The molecule has 3 rings (SSSR count). The van der Waals surface area contributed by atoms with E-state index in [1.165, 1.54) is 7.11 Å². The van der Waals surface area contributed by atoms with Crippen LogP contribution < -0.4 is 5.32 Å². The van der Waals surface area contributed by atoms with Gasteiger partial charge in [-0.25, -0.2) is 19.6 Å². The van der Waals surface area contributed by atoms with Gasteiger partial charge in [-0.2, -0.15) is 0 Å². The predicted molar refractivity (Wildman–Crippen MR) is 123 cm³/mol. The van der Waals surface area contributed by atoms with E-state index in [1.54, 1.807) is 16.7 Å². The Morgan fingerprint density at radius 2 is 1.85 bits per heavy atom. The maximum absolute atomic E-state index is 13.4. The first kappa shape index (κ1) is 24.2. The molecule has 176 valence electrons. The molecule has 9 heteroatoms. The summed E-state index contributed by atoms with van der Waals surface area (Å²) in [6.07, 6.45) is 0. The standard InChI is InChI=1S/C24H31N5O4/c1-15(2)20-19(23(31)33-5)21(27-17(4)26-20)22(30)28-11-12-29(16(3)14-28)24(32)25-13-18-9-7-6-8-10-18/h6-10,15-16H,11-14H2,1-5H3,(H,25,32). The molecule has 0 spiro atoms. The summed E-state index contributed by atoms with van der Waals surface area (Å²) in [4.78, 5) is 50.7. The molecule has 1 unspecified atom stereocenters. The number of aromatic nitrogens is 2. The minimum atomic E-state index is -0.631. The molecular weight excluding hydrogens is 422 g/mol. The molecule has 1 saturated heterocycles. The van der Waals surface area contributed by atoms with Crippen LogP contribution in [0.4, 0.5) is 4.79 Å². The monoisotopic (exact) mass is 453 g/mol. The number of urea groups is 1. The van der Waals surface area contributed by atoms with Crippen molar-refractivity contribution in [3.05, 3.63) is 58.7 Å². The van der Waals surface area contributed by atoms with Crippen molar-refractivity contribution in [1.29, 1.82) is 0 Å². The van der Waals surface area contributed by atoms with Crippen molar-refractivity contribution in [2.75, 3.05) is 26.7 Å². The zero-order chi connectivity index (χ0) is 24.1. The van der Waals surface area contributed by atoms with Crippen LogP contribution in [0.1, 0.15) is 64.6 Å². The van der Waals surface area contributed by atoms with Gasteiger partial charge in [0.05, 0.1) is 12.8 Å². The van der Waals surface area contributed by atoms with Crippen LogP contribution in [-0.2, 0) is 11.3 Å². The van der Waals surface area contributed by atoms with E-state index in [0.29, 0.717) is 37.7 Å². The third kappa shape index (κ3) is 5.47. The van der Waals surface area contributed by atoms with E-state index in [1.807, 2.05) is 51.1 Å². The summed E-state index contributed by atoms with van der Waals surface area (Å²) in [7, 11) is 1.27. The molecule has 1 atom stereocenters. The van der Waals surface area contributed by atoms with Crippen LogP contribution in [0.25, 0.3) is 0 Å². The van der Waals surface area contributed by atoms with Crippen LogP contribution in [0, 0.1) is 6.92 Å². The first-order valence-electron chi connectivity index (χ1n) is 11.1. The van der Waals surface area contributed by atoms with Crippen molar-refractivity contribution < 1.29 is 19.1 Å². The number of hydrogen-bond donors (Lipinski definition) is 1. The number of ether oxygens (including phenoxy) is 1. The van der Waals surface area contributed by atoms with Crippen molar-refractivity contribution in [3.63, 3.8) is 0 Å². The molecule has 1 aromatic heterocycles. The van der Waals surface area contributed by atoms with Crippen LogP contribution in [0.3, 0.4) is 0 Å². The number of aryl methyl sites for hydroxylation is 1. The highest BCUT2D eigenvalue weighted by Gasteiger charge is 2.34. The molecule has 2 aromatic rings. The number of piperazine rings is 1. The fourth-order valence-corrected chi connectivity index (χ4v) is 3.94. The minimum Gasteiger partial charge on any atom is -0.465 e. The van der Waals surface area contributed by atoms with Gasteiger partial charge in [0.1, 0.15) is 17.1 Å². The molecule has 1 fully saturated rings. The average molecular weight is 454 g/mol. The van der Waals surface area contributed by atoms with E-state index >= 15 is 0 Å². The number of methoxy groups -OCH3 is 1. The second kappa shape index (κ2) is 10.4. The fourth-order valence-electron chi connectivity index (χ4n) is 3.94. The summed E-state index contributed by atoms with van der Waals surface area (Å²) in [6, 6.07) is 9.32. The maximum atomic E-state index is 13.4. The molecular formula is C24H31N5O4. The normalized spacial score (nSPS) is 16.0. The SMILES string of the molecule is COC(=O)c1c(C(=O)N2CCN(C(=O)NCc3ccccc3)C(C)C2)nc(C)nc1C(C)C. The van der Waals surface area contributed by atoms with E-state index in [0.717, 1.165) is 5.56 Å². The lowest BCUT2D eigenvalue weighted by atomic mass is 10.0. The zero-order valence-corrected chi connectivity index (χ0v) is 19.8. The van der Waals surface area contributed by atoms with Gasteiger partial charge in [0.2, 0.25) is 0 Å². The van der Waals surface area contributed by atoms with Crippen LogP contribution >= 0.6 is 0 Å². The molecule has 33 heavy (non-hydrogen) atoms. The Bertz CT molecular complexity index is 1030. The van der Waals surface area contributed by atoms with Gasteiger partial charge in [-0.15, -0.1) is 0 Å².